The lowest BCUT2D eigenvalue weighted by Crippen LogP contribution is -2.43. The zero-order valence-corrected chi connectivity index (χ0v) is 14.1. The minimum atomic E-state index is -0.310. The van der Waals surface area contributed by atoms with Crippen LogP contribution in [0, 0.1) is 5.92 Å². The highest BCUT2D eigenvalue weighted by Crippen LogP contribution is 2.32. The minimum absolute atomic E-state index is 0.00138. The fraction of sp³-hybridized carbons (Fsp3) is 0.368. The third-order valence-electron chi connectivity index (χ3n) is 4.88. The highest BCUT2D eigenvalue weighted by atomic mass is 16.2. The highest BCUT2D eigenvalue weighted by molar-refractivity contribution is 6.06. The minimum Gasteiger partial charge on any atom is -0.341 e. The molecule has 1 saturated heterocycles. The van der Waals surface area contributed by atoms with Gasteiger partial charge in [0.15, 0.2) is 0 Å². The number of carbonyl (C=O) groups is 2. The van der Waals surface area contributed by atoms with Crippen molar-refractivity contribution in [3.63, 3.8) is 0 Å². The Balaban J connectivity index is 1.86. The Kier molecular flexibility index (Phi) is 4.53. The number of amides is 2. The molecule has 0 bridgehead atoms. The summed E-state index contributed by atoms with van der Waals surface area (Å²) in [5.41, 5.74) is 6.52. The van der Waals surface area contributed by atoms with Crippen molar-refractivity contribution < 1.29 is 9.59 Å². The van der Waals surface area contributed by atoms with E-state index in [9.17, 15) is 9.59 Å². The van der Waals surface area contributed by atoms with Crippen molar-refractivity contribution >= 4 is 28.3 Å². The summed E-state index contributed by atoms with van der Waals surface area (Å²) >= 11 is 0. The number of carbonyl (C=O) groups excluding carboxylic acids is 2. The Morgan fingerprint density at radius 3 is 2.75 bits per heavy atom. The number of rotatable bonds is 4. The molecule has 2 aromatic carbocycles. The maximum atomic E-state index is 12.6. The number of anilines is 1. The van der Waals surface area contributed by atoms with Crippen molar-refractivity contribution in [2.75, 3.05) is 25.0 Å². The first-order valence-electron chi connectivity index (χ1n) is 8.27. The van der Waals surface area contributed by atoms with Gasteiger partial charge in [-0.3, -0.25) is 9.59 Å². The molecule has 126 valence electrons. The van der Waals surface area contributed by atoms with Crippen molar-refractivity contribution in [3.05, 3.63) is 42.5 Å². The molecule has 1 heterocycles. The van der Waals surface area contributed by atoms with Crippen LogP contribution in [0.15, 0.2) is 42.5 Å². The molecule has 24 heavy (non-hydrogen) atoms. The molecule has 1 aliphatic rings. The Hall–Kier alpha value is -2.40. The normalized spacial score (nSPS) is 18.9. The molecule has 0 spiro atoms. The van der Waals surface area contributed by atoms with Crippen LogP contribution >= 0.6 is 0 Å². The Morgan fingerprint density at radius 2 is 2.00 bits per heavy atom. The maximum absolute atomic E-state index is 12.6. The first-order chi connectivity index (χ1) is 11.5. The third-order valence-corrected chi connectivity index (χ3v) is 4.88. The van der Waals surface area contributed by atoms with Crippen LogP contribution in [0.4, 0.5) is 5.69 Å². The topological polar surface area (TPSA) is 66.6 Å². The number of hydrogen-bond acceptors (Lipinski definition) is 3. The van der Waals surface area contributed by atoms with E-state index in [2.05, 4.69) is 0 Å². The molecule has 0 aliphatic carbocycles. The predicted octanol–water partition coefficient (Wildman–Crippen LogP) is 2.00. The SMILES string of the molecule is CC(CN)N(C)C(=O)C1CC(=O)N(c2cccc3ccccc23)C1. The number of nitrogens with two attached hydrogens (primary N) is 1. The van der Waals surface area contributed by atoms with Gasteiger partial charge in [0.1, 0.15) is 0 Å². The van der Waals surface area contributed by atoms with Gasteiger partial charge in [-0.1, -0.05) is 36.4 Å². The molecule has 2 unspecified atom stereocenters. The fourth-order valence-electron chi connectivity index (χ4n) is 3.21. The van der Waals surface area contributed by atoms with Crippen molar-refractivity contribution in [2.24, 2.45) is 11.7 Å². The summed E-state index contributed by atoms with van der Waals surface area (Å²) in [5, 5.41) is 2.12. The number of hydrogen-bond donors (Lipinski definition) is 1. The van der Waals surface area contributed by atoms with Crippen LogP contribution in [0.1, 0.15) is 13.3 Å². The Morgan fingerprint density at radius 1 is 1.29 bits per heavy atom. The van der Waals surface area contributed by atoms with Crippen LogP contribution in [0.2, 0.25) is 0 Å². The van der Waals surface area contributed by atoms with E-state index >= 15 is 0 Å². The van der Waals surface area contributed by atoms with E-state index in [0.29, 0.717) is 13.1 Å². The summed E-state index contributed by atoms with van der Waals surface area (Å²) in [7, 11) is 1.75. The lowest BCUT2D eigenvalue weighted by molar-refractivity contribution is -0.136. The quantitative estimate of drug-likeness (QED) is 0.935. The molecule has 1 aliphatic heterocycles. The lowest BCUT2D eigenvalue weighted by Gasteiger charge is -2.26. The number of benzene rings is 2. The Bertz CT molecular complexity index is 769. The van der Waals surface area contributed by atoms with Crippen LogP contribution in [-0.4, -0.2) is 42.9 Å². The first kappa shape index (κ1) is 16.5. The van der Waals surface area contributed by atoms with Crippen LogP contribution in [0.25, 0.3) is 10.8 Å². The second-order valence-electron chi connectivity index (χ2n) is 6.44. The number of fused-ring (bicyclic) bond motifs is 1. The zero-order valence-electron chi connectivity index (χ0n) is 14.1. The average molecular weight is 325 g/mol. The highest BCUT2D eigenvalue weighted by Gasteiger charge is 2.37. The van der Waals surface area contributed by atoms with E-state index in [1.54, 1.807) is 16.8 Å². The second kappa shape index (κ2) is 6.61. The van der Waals surface area contributed by atoms with Gasteiger partial charge in [-0.2, -0.15) is 0 Å². The van der Waals surface area contributed by atoms with Crippen molar-refractivity contribution in [2.45, 2.75) is 19.4 Å². The van der Waals surface area contributed by atoms with Gasteiger partial charge in [-0.05, 0) is 18.4 Å². The summed E-state index contributed by atoms with van der Waals surface area (Å²) in [5.74, 6) is -0.321. The molecule has 0 radical (unpaired) electrons. The summed E-state index contributed by atoms with van der Waals surface area (Å²) in [4.78, 5) is 28.5. The summed E-state index contributed by atoms with van der Waals surface area (Å²) in [6.45, 7) is 2.75. The summed E-state index contributed by atoms with van der Waals surface area (Å²) < 4.78 is 0. The summed E-state index contributed by atoms with van der Waals surface area (Å²) in [6, 6.07) is 13.9. The van der Waals surface area contributed by atoms with Crippen molar-refractivity contribution in [1.82, 2.24) is 4.90 Å². The largest absolute Gasteiger partial charge is 0.341 e. The monoisotopic (exact) mass is 325 g/mol. The van der Waals surface area contributed by atoms with Crippen molar-refractivity contribution in [3.8, 4) is 0 Å². The van der Waals surface area contributed by atoms with Gasteiger partial charge < -0.3 is 15.5 Å². The molecule has 1 fully saturated rings. The van der Waals surface area contributed by atoms with Crippen LogP contribution in [0.5, 0.6) is 0 Å². The molecule has 2 N–H and O–H groups in total. The number of nitrogens with zero attached hydrogens (tertiary/aromatic N) is 2. The van der Waals surface area contributed by atoms with E-state index in [1.807, 2.05) is 49.4 Å². The molecule has 2 atom stereocenters. The smallest absolute Gasteiger partial charge is 0.228 e. The van der Waals surface area contributed by atoms with Gasteiger partial charge in [0.05, 0.1) is 11.6 Å². The summed E-state index contributed by atoms with van der Waals surface area (Å²) in [6.07, 6.45) is 0.254. The first-order valence-corrected chi connectivity index (χ1v) is 8.27. The van der Waals surface area contributed by atoms with Gasteiger partial charge in [-0.15, -0.1) is 0 Å². The predicted molar refractivity (Wildman–Crippen MR) is 95.7 cm³/mol. The van der Waals surface area contributed by atoms with E-state index in [-0.39, 0.29) is 30.2 Å². The third kappa shape index (κ3) is 2.87. The lowest BCUT2D eigenvalue weighted by atomic mass is 10.1. The molecule has 5 heteroatoms. The molecule has 0 saturated carbocycles. The standard InChI is InChI=1S/C19H23N3O2/c1-13(11-20)21(2)19(24)15-10-18(23)22(12-15)17-9-5-7-14-6-3-4-8-16(14)17/h3-9,13,15H,10-12,20H2,1-2H3. The van der Waals surface area contributed by atoms with E-state index in [4.69, 9.17) is 5.73 Å². The molecule has 0 aromatic heterocycles. The van der Waals surface area contributed by atoms with Gasteiger partial charge in [-0.25, -0.2) is 0 Å². The average Bonchev–Trinajstić information content (AvgIpc) is 3.00. The molecular formula is C19H23N3O2. The molecule has 3 rings (SSSR count). The van der Waals surface area contributed by atoms with E-state index in [1.165, 1.54) is 0 Å². The molecule has 5 nitrogen and oxygen atoms in total. The van der Waals surface area contributed by atoms with E-state index in [0.717, 1.165) is 16.5 Å². The van der Waals surface area contributed by atoms with Gasteiger partial charge >= 0.3 is 0 Å². The van der Waals surface area contributed by atoms with Crippen LogP contribution in [0.3, 0.4) is 0 Å². The van der Waals surface area contributed by atoms with Gasteiger partial charge in [0.2, 0.25) is 11.8 Å². The van der Waals surface area contributed by atoms with E-state index < -0.39 is 0 Å². The van der Waals surface area contributed by atoms with Crippen LogP contribution < -0.4 is 10.6 Å². The molecular weight excluding hydrogens is 302 g/mol. The molecule has 2 amide bonds. The fourth-order valence-corrected chi connectivity index (χ4v) is 3.21. The maximum Gasteiger partial charge on any atom is 0.228 e. The van der Waals surface area contributed by atoms with Crippen molar-refractivity contribution in [1.29, 1.82) is 0 Å². The van der Waals surface area contributed by atoms with Crippen LogP contribution in [-0.2, 0) is 9.59 Å². The zero-order chi connectivity index (χ0) is 17.3. The molecule has 2 aromatic rings. The van der Waals surface area contributed by atoms with Gasteiger partial charge in [0, 0.05) is 38.0 Å². The van der Waals surface area contributed by atoms with Gasteiger partial charge in [0.25, 0.3) is 0 Å². The Labute approximate surface area is 142 Å². The second-order valence-corrected chi connectivity index (χ2v) is 6.44. The number of likely N-dealkylation sites (N-methyl/N-ethyl adjacent to an activating group) is 1.